The van der Waals surface area contributed by atoms with Crippen molar-refractivity contribution in [3.63, 3.8) is 0 Å². The van der Waals surface area contributed by atoms with Gasteiger partial charge in [-0.2, -0.15) is 5.10 Å². The van der Waals surface area contributed by atoms with E-state index in [1.165, 1.54) is 5.41 Å². The van der Waals surface area contributed by atoms with Crippen molar-refractivity contribution in [3.8, 4) is 0 Å². The van der Waals surface area contributed by atoms with Crippen LogP contribution in [0.15, 0.2) is 11.5 Å². The monoisotopic (exact) mass is 241 g/mol. The number of aryl methyl sites for hydroxylation is 2. The molecule has 0 spiro atoms. The molecule has 2 rings (SSSR count). The molecule has 2 N–H and O–H groups in total. The molecule has 2 heterocycles. The number of rotatable bonds is 3. The van der Waals surface area contributed by atoms with Gasteiger partial charge in [0.25, 0.3) is 0 Å². The van der Waals surface area contributed by atoms with E-state index in [4.69, 9.17) is 0 Å². The minimum atomic E-state index is -2.97. The molecular formula is C10H15N3O2S. The van der Waals surface area contributed by atoms with Crippen molar-refractivity contribution in [3.05, 3.63) is 28.4 Å². The Kier molecular flexibility index (Phi) is 2.86. The Bertz CT molecular complexity index is 497. The van der Waals surface area contributed by atoms with Crippen LogP contribution in [0.1, 0.15) is 17.0 Å². The van der Waals surface area contributed by atoms with Crippen LogP contribution in [0.2, 0.25) is 0 Å². The molecule has 1 aromatic heterocycles. The summed E-state index contributed by atoms with van der Waals surface area (Å²) in [5.74, 6) is 0.156. The Hall–Kier alpha value is -1.14. The van der Waals surface area contributed by atoms with Crippen LogP contribution in [-0.4, -0.2) is 30.4 Å². The third-order valence-electron chi connectivity index (χ3n) is 2.75. The average Bonchev–Trinajstić information content (AvgIpc) is 2.69. The molecule has 0 saturated heterocycles. The number of hydrogen-bond acceptors (Lipinski definition) is 4. The quantitative estimate of drug-likeness (QED) is 0.804. The molecule has 88 valence electrons. The van der Waals surface area contributed by atoms with E-state index in [1.807, 2.05) is 13.8 Å². The predicted octanol–water partition coefficient (Wildman–Crippen LogP) is 0.427. The standard InChI is InChI=1S/C10H15N3O2S/c1-7-10(8(2)13-12-7)5-11-9-3-4-16(14,15)6-9/h3-4,9,11H,5-6H2,1-2H3,(H,12,13). The van der Waals surface area contributed by atoms with Gasteiger partial charge in [-0.05, 0) is 13.8 Å². The van der Waals surface area contributed by atoms with E-state index in [9.17, 15) is 8.42 Å². The molecule has 0 aliphatic carbocycles. The largest absolute Gasteiger partial charge is 0.305 e. The minimum absolute atomic E-state index is 0.0845. The Morgan fingerprint density at radius 3 is 2.81 bits per heavy atom. The van der Waals surface area contributed by atoms with Gasteiger partial charge >= 0.3 is 0 Å². The maximum absolute atomic E-state index is 11.2. The van der Waals surface area contributed by atoms with Gasteiger partial charge in [0.2, 0.25) is 0 Å². The number of nitrogens with one attached hydrogen (secondary N) is 2. The normalized spacial score (nSPS) is 22.8. The molecule has 1 atom stereocenters. The molecule has 0 saturated carbocycles. The van der Waals surface area contributed by atoms with Gasteiger partial charge in [-0.1, -0.05) is 6.08 Å². The van der Waals surface area contributed by atoms with E-state index in [0.717, 1.165) is 17.0 Å². The van der Waals surface area contributed by atoms with Crippen molar-refractivity contribution >= 4 is 9.84 Å². The Balaban J connectivity index is 1.97. The molecule has 16 heavy (non-hydrogen) atoms. The molecule has 1 aromatic rings. The van der Waals surface area contributed by atoms with Crippen LogP contribution in [0.25, 0.3) is 0 Å². The topological polar surface area (TPSA) is 74.8 Å². The summed E-state index contributed by atoms with van der Waals surface area (Å²) < 4.78 is 22.4. The molecular weight excluding hydrogens is 226 g/mol. The highest BCUT2D eigenvalue weighted by Gasteiger charge is 2.21. The molecule has 5 nitrogen and oxygen atoms in total. The second-order valence-electron chi connectivity index (χ2n) is 4.06. The zero-order chi connectivity index (χ0) is 11.8. The van der Waals surface area contributed by atoms with Crippen LogP contribution in [0, 0.1) is 13.8 Å². The van der Waals surface area contributed by atoms with Crippen LogP contribution in [0.3, 0.4) is 0 Å². The number of H-pyrrole nitrogens is 1. The van der Waals surface area contributed by atoms with E-state index in [0.29, 0.717) is 6.54 Å². The molecule has 0 bridgehead atoms. The molecule has 6 heteroatoms. The summed E-state index contributed by atoms with van der Waals surface area (Å²) in [6.07, 6.45) is 1.69. The van der Waals surface area contributed by atoms with Crippen LogP contribution in [0.5, 0.6) is 0 Å². The number of aromatic nitrogens is 2. The van der Waals surface area contributed by atoms with Gasteiger partial charge in [-0.3, -0.25) is 5.10 Å². The number of sulfone groups is 1. The van der Waals surface area contributed by atoms with Crippen LogP contribution < -0.4 is 5.32 Å². The molecule has 1 unspecified atom stereocenters. The summed E-state index contributed by atoms with van der Waals surface area (Å²) in [5, 5.41) is 11.5. The zero-order valence-electron chi connectivity index (χ0n) is 9.32. The van der Waals surface area contributed by atoms with Crippen LogP contribution in [-0.2, 0) is 16.4 Å². The Labute approximate surface area is 94.9 Å². The van der Waals surface area contributed by atoms with Gasteiger partial charge in [0, 0.05) is 29.3 Å². The first kappa shape index (κ1) is 11.3. The van der Waals surface area contributed by atoms with Gasteiger partial charge in [0.15, 0.2) is 9.84 Å². The van der Waals surface area contributed by atoms with E-state index >= 15 is 0 Å². The average molecular weight is 241 g/mol. The second kappa shape index (κ2) is 4.03. The SMILES string of the molecule is Cc1n[nH]c(C)c1CNC1C=CS(=O)(=O)C1. The third kappa shape index (κ3) is 2.33. The first-order chi connectivity index (χ1) is 7.48. The highest BCUT2D eigenvalue weighted by molar-refractivity contribution is 7.94. The maximum atomic E-state index is 11.2. The lowest BCUT2D eigenvalue weighted by molar-refractivity contribution is 0.590. The highest BCUT2D eigenvalue weighted by Crippen LogP contribution is 2.12. The summed E-state index contributed by atoms with van der Waals surface area (Å²) in [5.41, 5.74) is 3.09. The number of nitrogens with zero attached hydrogens (tertiary/aromatic N) is 1. The highest BCUT2D eigenvalue weighted by atomic mass is 32.2. The van der Waals surface area contributed by atoms with E-state index in [-0.39, 0.29) is 11.8 Å². The van der Waals surface area contributed by atoms with Crippen molar-refractivity contribution in [2.75, 3.05) is 5.75 Å². The fourth-order valence-corrected chi connectivity index (χ4v) is 3.04. The van der Waals surface area contributed by atoms with E-state index in [1.54, 1.807) is 6.08 Å². The van der Waals surface area contributed by atoms with Gasteiger partial charge in [0.05, 0.1) is 11.4 Å². The minimum Gasteiger partial charge on any atom is -0.305 e. The van der Waals surface area contributed by atoms with Crippen molar-refractivity contribution in [2.24, 2.45) is 0 Å². The maximum Gasteiger partial charge on any atom is 0.173 e. The predicted molar refractivity (Wildman–Crippen MR) is 61.6 cm³/mol. The molecule has 1 aliphatic rings. The van der Waals surface area contributed by atoms with Crippen LogP contribution >= 0.6 is 0 Å². The summed E-state index contributed by atoms with van der Waals surface area (Å²) >= 11 is 0. The molecule has 0 aromatic carbocycles. The lowest BCUT2D eigenvalue weighted by atomic mass is 10.2. The first-order valence-electron chi connectivity index (χ1n) is 5.13. The Morgan fingerprint density at radius 2 is 2.31 bits per heavy atom. The molecule has 0 fully saturated rings. The van der Waals surface area contributed by atoms with Gasteiger partial charge in [-0.25, -0.2) is 8.42 Å². The number of aromatic amines is 1. The third-order valence-corrected chi connectivity index (χ3v) is 4.15. The summed E-state index contributed by atoms with van der Waals surface area (Å²) in [6.45, 7) is 4.53. The summed E-state index contributed by atoms with van der Waals surface area (Å²) in [6, 6.07) is -0.0845. The van der Waals surface area contributed by atoms with Gasteiger partial charge in [0.1, 0.15) is 0 Å². The summed E-state index contributed by atoms with van der Waals surface area (Å²) in [4.78, 5) is 0. The van der Waals surface area contributed by atoms with Gasteiger partial charge in [-0.15, -0.1) is 0 Å². The van der Waals surface area contributed by atoms with Crippen molar-refractivity contribution in [1.29, 1.82) is 0 Å². The Morgan fingerprint density at radius 1 is 1.56 bits per heavy atom. The molecule has 0 amide bonds. The second-order valence-corrected chi connectivity index (χ2v) is 5.99. The molecule has 1 aliphatic heterocycles. The van der Waals surface area contributed by atoms with Crippen molar-refractivity contribution in [1.82, 2.24) is 15.5 Å². The fourth-order valence-electron chi connectivity index (χ4n) is 1.77. The first-order valence-corrected chi connectivity index (χ1v) is 6.84. The van der Waals surface area contributed by atoms with Gasteiger partial charge < -0.3 is 5.32 Å². The molecule has 0 radical (unpaired) electrons. The van der Waals surface area contributed by atoms with E-state index in [2.05, 4.69) is 15.5 Å². The summed E-state index contributed by atoms with van der Waals surface area (Å²) in [7, 11) is -2.97. The van der Waals surface area contributed by atoms with Crippen molar-refractivity contribution < 1.29 is 8.42 Å². The lowest BCUT2D eigenvalue weighted by Crippen LogP contribution is -2.29. The fraction of sp³-hybridized carbons (Fsp3) is 0.500. The van der Waals surface area contributed by atoms with Crippen LogP contribution in [0.4, 0.5) is 0 Å². The van der Waals surface area contributed by atoms with Crippen molar-refractivity contribution in [2.45, 2.75) is 26.4 Å². The zero-order valence-corrected chi connectivity index (χ0v) is 10.1. The lowest BCUT2D eigenvalue weighted by Gasteiger charge is -2.09. The number of hydrogen-bond donors (Lipinski definition) is 2. The smallest absolute Gasteiger partial charge is 0.173 e. The van der Waals surface area contributed by atoms with E-state index < -0.39 is 9.84 Å².